The number of hydrogen-bond acceptors (Lipinski definition) is 5. The van der Waals surface area contributed by atoms with Crippen LogP contribution in [0.2, 0.25) is 0 Å². The lowest BCUT2D eigenvalue weighted by Crippen LogP contribution is -2.30. The maximum absolute atomic E-state index is 12.4. The predicted molar refractivity (Wildman–Crippen MR) is 82.7 cm³/mol. The monoisotopic (exact) mass is 307 g/mol. The summed E-state index contributed by atoms with van der Waals surface area (Å²) in [6.45, 7) is 5.29. The zero-order valence-corrected chi connectivity index (χ0v) is 13.1. The highest BCUT2D eigenvalue weighted by Crippen LogP contribution is 2.16. The second kappa shape index (κ2) is 6.53. The smallest absolute Gasteiger partial charge is 0.317 e. The van der Waals surface area contributed by atoms with Crippen LogP contribution < -0.4 is 11.0 Å². The number of nitrogens with zero attached hydrogens (tertiary/aromatic N) is 4. The molecule has 1 saturated heterocycles. The van der Waals surface area contributed by atoms with Gasteiger partial charge in [0.05, 0.1) is 17.7 Å². The lowest BCUT2D eigenvalue weighted by atomic mass is 9.94. The van der Waals surface area contributed by atoms with Crippen molar-refractivity contribution < 1.29 is 0 Å². The number of thiazole rings is 1. The van der Waals surface area contributed by atoms with E-state index in [4.69, 9.17) is 0 Å². The minimum absolute atomic E-state index is 0.0190. The van der Waals surface area contributed by atoms with Crippen LogP contribution in [0.4, 0.5) is 0 Å². The Balaban J connectivity index is 1.80. The number of hydrogen-bond donors (Lipinski definition) is 1. The van der Waals surface area contributed by atoms with Crippen molar-refractivity contribution in [2.75, 3.05) is 13.1 Å². The number of nitrogens with one attached hydrogen (secondary N) is 1. The van der Waals surface area contributed by atoms with Gasteiger partial charge in [0, 0.05) is 18.3 Å². The van der Waals surface area contributed by atoms with Crippen molar-refractivity contribution in [2.45, 2.75) is 39.3 Å². The first-order valence-corrected chi connectivity index (χ1v) is 8.46. The van der Waals surface area contributed by atoms with Crippen molar-refractivity contribution in [1.29, 1.82) is 0 Å². The predicted octanol–water partition coefficient (Wildman–Crippen LogP) is 1.11. The summed E-state index contributed by atoms with van der Waals surface area (Å²) in [6.07, 6.45) is 3.22. The van der Waals surface area contributed by atoms with Crippen LogP contribution >= 0.6 is 11.3 Å². The molecule has 3 heterocycles. The van der Waals surface area contributed by atoms with E-state index in [1.807, 2.05) is 12.3 Å². The van der Waals surface area contributed by atoms with Gasteiger partial charge in [0.2, 0.25) is 0 Å². The summed E-state index contributed by atoms with van der Waals surface area (Å²) in [6, 6.07) is 0. The van der Waals surface area contributed by atoms with Gasteiger partial charge < -0.3 is 5.32 Å². The second-order valence-corrected chi connectivity index (χ2v) is 6.20. The van der Waals surface area contributed by atoms with Gasteiger partial charge in [-0.3, -0.25) is 4.57 Å². The highest BCUT2D eigenvalue weighted by molar-refractivity contribution is 7.07. The van der Waals surface area contributed by atoms with Gasteiger partial charge in [0.25, 0.3) is 0 Å². The Hall–Kier alpha value is -1.47. The van der Waals surface area contributed by atoms with Crippen LogP contribution in [0.1, 0.15) is 31.3 Å². The Kier molecular flexibility index (Phi) is 4.50. The van der Waals surface area contributed by atoms with E-state index in [1.165, 1.54) is 0 Å². The van der Waals surface area contributed by atoms with E-state index < -0.39 is 0 Å². The van der Waals surface area contributed by atoms with E-state index in [0.717, 1.165) is 43.9 Å². The molecule has 0 saturated carbocycles. The summed E-state index contributed by atoms with van der Waals surface area (Å²) in [4.78, 5) is 16.6. The van der Waals surface area contributed by atoms with Crippen LogP contribution in [0.25, 0.3) is 0 Å². The van der Waals surface area contributed by atoms with Crippen LogP contribution in [0, 0.1) is 5.92 Å². The Morgan fingerprint density at radius 3 is 2.90 bits per heavy atom. The van der Waals surface area contributed by atoms with E-state index >= 15 is 0 Å². The summed E-state index contributed by atoms with van der Waals surface area (Å²) >= 11 is 1.54. The Bertz CT molecular complexity index is 624. The second-order valence-electron chi connectivity index (χ2n) is 5.48. The summed E-state index contributed by atoms with van der Waals surface area (Å²) in [7, 11) is 0. The maximum Gasteiger partial charge on any atom is 0.346 e. The minimum Gasteiger partial charge on any atom is -0.317 e. The molecular weight excluding hydrogens is 286 g/mol. The van der Waals surface area contributed by atoms with Crippen molar-refractivity contribution in [2.24, 2.45) is 5.92 Å². The molecular formula is C14H21N5OS. The number of rotatable bonds is 5. The minimum atomic E-state index is -0.0190. The van der Waals surface area contributed by atoms with Crippen LogP contribution in [-0.4, -0.2) is 32.4 Å². The van der Waals surface area contributed by atoms with Gasteiger partial charge in [-0.05, 0) is 38.8 Å². The maximum atomic E-state index is 12.4. The fraction of sp³-hybridized carbons (Fsp3) is 0.643. The van der Waals surface area contributed by atoms with Gasteiger partial charge in [-0.1, -0.05) is 0 Å². The third-order valence-corrected chi connectivity index (χ3v) is 4.68. The van der Waals surface area contributed by atoms with Crippen molar-refractivity contribution >= 4 is 11.3 Å². The first kappa shape index (κ1) is 14.5. The Labute approximate surface area is 127 Å². The highest BCUT2D eigenvalue weighted by Gasteiger charge is 2.19. The van der Waals surface area contributed by atoms with E-state index in [1.54, 1.807) is 26.1 Å². The van der Waals surface area contributed by atoms with Gasteiger partial charge in [0.15, 0.2) is 0 Å². The summed E-state index contributed by atoms with van der Waals surface area (Å²) in [5.41, 5.74) is 2.67. The molecule has 1 aliphatic heterocycles. The van der Waals surface area contributed by atoms with Crippen molar-refractivity contribution in [3.8, 4) is 0 Å². The number of piperidine rings is 1. The fourth-order valence-corrected chi connectivity index (χ4v) is 3.42. The van der Waals surface area contributed by atoms with Crippen LogP contribution in [0.15, 0.2) is 15.7 Å². The molecule has 3 rings (SSSR count). The molecule has 1 fully saturated rings. The topological polar surface area (TPSA) is 64.7 Å². The highest BCUT2D eigenvalue weighted by atomic mass is 32.1. The molecule has 0 amide bonds. The standard InChI is InChI=1S/C14H21N5OS/c1-2-18-13(7-11-3-5-15-6-4-11)17-19(14(18)20)8-12-9-21-10-16-12/h9-11,15H,2-8H2,1H3. The van der Waals surface area contributed by atoms with Gasteiger partial charge >= 0.3 is 5.69 Å². The molecule has 0 atom stereocenters. The Morgan fingerprint density at radius 1 is 1.43 bits per heavy atom. The first-order valence-electron chi connectivity index (χ1n) is 7.52. The molecule has 1 aliphatic rings. The molecule has 0 aromatic carbocycles. The zero-order chi connectivity index (χ0) is 14.7. The molecule has 21 heavy (non-hydrogen) atoms. The van der Waals surface area contributed by atoms with Crippen molar-refractivity contribution in [3.05, 3.63) is 32.9 Å². The molecule has 0 bridgehead atoms. The van der Waals surface area contributed by atoms with Crippen molar-refractivity contribution in [1.82, 2.24) is 24.6 Å². The molecule has 0 unspecified atom stereocenters. The van der Waals surface area contributed by atoms with Crippen molar-refractivity contribution in [3.63, 3.8) is 0 Å². The van der Waals surface area contributed by atoms with E-state index in [-0.39, 0.29) is 5.69 Å². The average molecular weight is 307 g/mol. The van der Waals surface area contributed by atoms with Gasteiger partial charge in [-0.25, -0.2) is 14.5 Å². The quantitative estimate of drug-likeness (QED) is 0.899. The summed E-state index contributed by atoms with van der Waals surface area (Å²) < 4.78 is 3.35. The van der Waals surface area contributed by atoms with E-state index in [2.05, 4.69) is 15.4 Å². The van der Waals surface area contributed by atoms with Gasteiger partial charge in [0.1, 0.15) is 5.82 Å². The third kappa shape index (κ3) is 3.24. The molecule has 114 valence electrons. The molecule has 6 nitrogen and oxygen atoms in total. The van der Waals surface area contributed by atoms with E-state index in [9.17, 15) is 4.79 Å². The SMILES string of the molecule is CCn1c(CC2CCNCC2)nn(Cc2cscn2)c1=O. The normalized spacial score (nSPS) is 16.4. The van der Waals surface area contributed by atoms with Crippen LogP contribution in [0.3, 0.4) is 0 Å². The Morgan fingerprint density at radius 2 is 2.24 bits per heavy atom. The summed E-state index contributed by atoms with van der Waals surface area (Å²) in [5.74, 6) is 1.55. The molecule has 2 aromatic heterocycles. The van der Waals surface area contributed by atoms with Gasteiger partial charge in [-0.2, -0.15) is 5.10 Å². The van der Waals surface area contributed by atoms with E-state index in [0.29, 0.717) is 19.0 Å². The molecule has 0 aliphatic carbocycles. The summed E-state index contributed by atoms with van der Waals surface area (Å²) in [5, 5.41) is 9.90. The first-order chi connectivity index (χ1) is 10.3. The largest absolute Gasteiger partial charge is 0.346 e. The molecule has 0 radical (unpaired) electrons. The average Bonchev–Trinajstić information content (AvgIpc) is 3.10. The van der Waals surface area contributed by atoms with Gasteiger partial charge in [-0.15, -0.1) is 11.3 Å². The van der Waals surface area contributed by atoms with Crippen LogP contribution in [0.5, 0.6) is 0 Å². The molecule has 0 spiro atoms. The number of aromatic nitrogens is 4. The molecule has 2 aromatic rings. The van der Waals surface area contributed by atoms with Crippen LogP contribution in [-0.2, 0) is 19.5 Å². The molecule has 1 N–H and O–H groups in total. The molecule has 7 heteroatoms. The lowest BCUT2D eigenvalue weighted by molar-refractivity contribution is 0.362. The fourth-order valence-electron chi connectivity index (χ4n) is 2.87. The third-order valence-electron chi connectivity index (χ3n) is 4.04. The zero-order valence-electron chi connectivity index (χ0n) is 12.3. The lowest BCUT2D eigenvalue weighted by Gasteiger charge is -2.21.